The number of allylic oxidation sites excluding steroid dienone is 3. The maximum atomic E-state index is 6.65. The Labute approximate surface area is 329 Å². The van der Waals surface area contributed by atoms with Crippen molar-refractivity contribution < 1.29 is 4.74 Å². The van der Waals surface area contributed by atoms with Gasteiger partial charge in [0.25, 0.3) is 0 Å². The fraction of sp³-hybridized carbons (Fsp3) is 0.0769. The molecule has 0 amide bonds. The molecule has 3 heterocycles. The van der Waals surface area contributed by atoms with Crippen molar-refractivity contribution in [3.05, 3.63) is 198 Å². The monoisotopic (exact) mass is 736 g/mol. The molecule has 0 fully saturated rings. The van der Waals surface area contributed by atoms with Crippen LogP contribution in [0.4, 0.5) is 0 Å². The maximum Gasteiger partial charge on any atom is 0.161 e. The first kappa shape index (κ1) is 32.8. The van der Waals surface area contributed by atoms with Crippen LogP contribution in [0.2, 0.25) is 0 Å². The predicted octanol–water partition coefficient (Wildman–Crippen LogP) is 13.9. The number of fused-ring (bicyclic) bond motifs is 11. The van der Waals surface area contributed by atoms with Crippen molar-refractivity contribution in [2.75, 3.05) is 0 Å². The van der Waals surface area contributed by atoms with Gasteiger partial charge in [-0.05, 0) is 75.7 Å². The normalized spacial score (nSPS) is 17.1. The van der Waals surface area contributed by atoms with E-state index in [4.69, 9.17) is 14.7 Å². The summed E-state index contributed by atoms with van der Waals surface area (Å²) in [4.78, 5) is 10.6. The minimum absolute atomic E-state index is 0.502. The molecule has 0 saturated heterocycles. The Balaban J connectivity index is 1.11. The van der Waals surface area contributed by atoms with E-state index in [-0.39, 0.29) is 0 Å². The van der Waals surface area contributed by atoms with Crippen LogP contribution in [0, 0.1) is 0 Å². The second-order valence-corrected chi connectivity index (χ2v) is 15.6. The van der Waals surface area contributed by atoms with Crippen LogP contribution in [0.1, 0.15) is 37.0 Å². The molecular weight excluding hydrogens is 701 g/mol. The minimum atomic E-state index is -0.502. The van der Waals surface area contributed by atoms with Crippen molar-refractivity contribution in [1.82, 2.24) is 9.97 Å². The highest BCUT2D eigenvalue weighted by atomic mass is 32.1. The van der Waals surface area contributed by atoms with E-state index in [9.17, 15) is 0 Å². The molecule has 7 aromatic carbocycles. The van der Waals surface area contributed by atoms with Crippen LogP contribution in [-0.2, 0) is 5.41 Å². The Kier molecular flexibility index (Phi) is 7.45. The summed E-state index contributed by atoms with van der Waals surface area (Å²) in [5, 5.41) is 3.49. The van der Waals surface area contributed by atoms with Crippen molar-refractivity contribution in [1.29, 1.82) is 0 Å². The van der Waals surface area contributed by atoms with Crippen LogP contribution in [0.5, 0.6) is 5.75 Å². The molecule has 0 saturated carbocycles. The third kappa shape index (κ3) is 4.63. The summed E-state index contributed by atoms with van der Waals surface area (Å²) in [5.41, 5.74) is 13.4. The van der Waals surface area contributed by atoms with Crippen molar-refractivity contribution in [2.24, 2.45) is 0 Å². The van der Waals surface area contributed by atoms with Gasteiger partial charge in [0.1, 0.15) is 11.5 Å². The van der Waals surface area contributed by atoms with Gasteiger partial charge >= 0.3 is 0 Å². The molecular formula is C52H36N2OS. The molecule has 4 heteroatoms. The second-order valence-electron chi connectivity index (χ2n) is 14.6. The molecule has 1 unspecified atom stereocenters. The van der Waals surface area contributed by atoms with Gasteiger partial charge in [-0.15, -0.1) is 11.3 Å². The zero-order valence-corrected chi connectivity index (χ0v) is 31.9. The van der Waals surface area contributed by atoms with Crippen molar-refractivity contribution in [3.8, 4) is 50.6 Å². The van der Waals surface area contributed by atoms with Gasteiger partial charge in [-0.25, -0.2) is 9.97 Å². The van der Waals surface area contributed by atoms with Crippen LogP contribution >= 0.6 is 11.3 Å². The number of ether oxygens (including phenoxy) is 1. The molecule has 0 radical (unpaired) electrons. The first-order valence-corrected chi connectivity index (χ1v) is 20.2. The molecule has 266 valence electrons. The van der Waals surface area contributed by atoms with Crippen LogP contribution in [0.15, 0.2) is 181 Å². The Morgan fingerprint density at radius 1 is 0.607 bits per heavy atom. The topological polar surface area (TPSA) is 35.0 Å². The van der Waals surface area contributed by atoms with Crippen molar-refractivity contribution in [2.45, 2.75) is 25.7 Å². The van der Waals surface area contributed by atoms with Crippen molar-refractivity contribution in [3.63, 3.8) is 0 Å². The molecule has 1 aliphatic carbocycles. The summed E-state index contributed by atoms with van der Waals surface area (Å²) in [6.07, 6.45) is 5.37. The number of thiophene rings is 1. The zero-order chi connectivity index (χ0) is 37.4. The summed E-state index contributed by atoms with van der Waals surface area (Å²) >= 11 is 1.77. The van der Waals surface area contributed by atoms with E-state index in [2.05, 4.69) is 184 Å². The zero-order valence-electron chi connectivity index (χ0n) is 31.1. The third-order valence-electron chi connectivity index (χ3n) is 11.6. The van der Waals surface area contributed by atoms with Gasteiger partial charge in [0.15, 0.2) is 5.82 Å². The number of hydrogen-bond acceptors (Lipinski definition) is 4. The lowest BCUT2D eigenvalue weighted by Gasteiger charge is -2.41. The smallest absolute Gasteiger partial charge is 0.161 e. The lowest BCUT2D eigenvalue weighted by molar-refractivity contribution is 0.387. The molecule has 0 N–H and O–H groups in total. The molecule has 11 rings (SSSR count). The van der Waals surface area contributed by atoms with Gasteiger partial charge in [0, 0.05) is 32.3 Å². The number of benzene rings is 7. The van der Waals surface area contributed by atoms with Crippen LogP contribution < -0.4 is 4.74 Å². The first-order chi connectivity index (χ1) is 27.7. The maximum absolute atomic E-state index is 6.65. The highest BCUT2D eigenvalue weighted by Crippen LogP contribution is 2.63. The van der Waals surface area contributed by atoms with Gasteiger partial charge in [0.2, 0.25) is 0 Å². The lowest BCUT2D eigenvalue weighted by Crippen LogP contribution is -2.35. The highest BCUT2D eigenvalue weighted by Gasteiger charge is 2.52. The van der Waals surface area contributed by atoms with Gasteiger partial charge in [0.05, 0.1) is 21.3 Å². The minimum Gasteiger partial charge on any atom is -0.457 e. The van der Waals surface area contributed by atoms with E-state index < -0.39 is 5.41 Å². The summed E-state index contributed by atoms with van der Waals surface area (Å²) in [7, 11) is 0. The number of rotatable bonds is 4. The number of para-hydroxylation sites is 1. The van der Waals surface area contributed by atoms with E-state index in [0.717, 1.165) is 61.6 Å². The Hall–Kier alpha value is -6.62. The van der Waals surface area contributed by atoms with E-state index in [0.29, 0.717) is 0 Å². The highest BCUT2D eigenvalue weighted by molar-refractivity contribution is 7.26. The number of aromatic nitrogens is 2. The molecule has 0 bridgehead atoms. The Morgan fingerprint density at radius 2 is 1.27 bits per heavy atom. The molecule has 56 heavy (non-hydrogen) atoms. The third-order valence-corrected chi connectivity index (χ3v) is 12.8. The van der Waals surface area contributed by atoms with E-state index in [1.165, 1.54) is 54.6 Å². The number of hydrogen-bond donors (Lipinski definition) is 0. The molecule has 9 aromatic rings. The summed E-state index contributed by atoms with van der Waals surface area (Å²) in [6, 6.07) is 56.9. The summed E-state index contributed by atoms with van der Waals surface area (Å²) < 4.78 is 8.97. The van der Waals surface area contributed by atoms with Gasteiger partial charge in [-0.2, -0.15) is 0 Å². The lowest BCUT2D eigenvalue weighted by atomic mass is 9.65. The Bertz CT molecular complexity index is 3110. The summed E-state index contributed by atoms with van der Waals surface area (Å²) in [6.45, 7) is 4.32. The molecule has 2 aromatic heterocycles. The van der Waals surface area contributed by atoms with Crippen LogP contribution in [0.3, 0.4) is 0 Å². The molecule has 2 aliphatic rings. The molecule has 3 nitrogen and oxygen atoms in total. The number of nitrogens with zero attached hydrogens (tertiary/aromatic N) is 2. The quantitative estimate of drug-likeness (QED) is 0.180. The van der Waals surface area contributed by atoms with Gasteiger partial charge < -0.3 is 4.74 Å². The van der Waals surface area contributed by atoms with E-state index in [1.54, 1.807) is 11.3 Å². The van der Waals surface area contributed by atoms with E-state index >= 15 is 0 Å². The SMILES string of the molecule is C/C=C1\C(=C/CC)Oc2ccccc2C12c1ccccc1-c1c(-c3ccc(-c4nc(-c5cccc6ccccc56)nc5c4sc4ccccc45)cc3)cccc12. The molecule has 1 atom stereocenters. The van der Waals surface area contributed by atoms with E-state index in [1.807, 2.05) is 0 Å². The predicted molar refractivity (Wildman–Crippen MR) is 233 cm³/mol. The fourth-order valence-corrected chi connectivity index (χ4v) is 10.5. The standard InChI is InChI=1S/C52H36N2OS/c1-3-15-44-40(4-2)52(42-24-10-11-26-45(42)55-44)41-23-9-7-19-38(41)47-36(21-14-25-43(47)52)33-28-30-34(31-29-33)48-50-49(39-20-8-12-27-46(39)56-50)54-51(53-48)37-22-13-17-32-16-5-6-18-35(32)37/h4-31H,3H2,1-2H3/b40-4+,44-15+. The molecule has 1 spiro atoms. The van der Waals surface area contributed by atoms with Crippen LogP contribution in [-0.4, -0.2) is 9.97 Å². The molecule has 1 aliphatic heterocycles. The van der Waals surface area contributed by atoms with Gasteiger partial charge in [-0.1, -0.05) is 159 Å². The largest absolute Gasteiger partial charge is 0.457 e. The second kappa shape index (κ2) is 12.7. The van der Waals surface area contributed by atoms with Gasteiger partial charge in [-0.3, -0.25) is 0 Å². The summed E-state index contributed by atoms with van der Waals surface area (Å²) in [5.74, 6) is 2.59. The average Bonchev–Trinajstić information content (AvgIpc) is 3.78. The average molecular weight is 737 g/mol. The Morgan fingerprint density at radius 3 is 2.12 bits per heavy atom. The first-order valence-electron chi connectivity index (χ1n) is 19.3. The fourth-order valence-electron chi connectivity index (χ4n) is 9.35. The van der Waals surface area contributed by atoms with Crippen molar-refractivity contribution >= 4 is 42.4 Å². The van der Waals surface area contributed by atoms with Crippen LogP contribution in [0.25, 0.3) is 76.0 Å².